The van der Waals surface area contributed by atoms with Gasteiger partial charge in [-0.1, -0.05) is 34.8 Å². The summed E-state index contributed by atoms with van der Waals surface area (Å²) in [5.41, 5.74) is 1.60. The third-order valence-corrected chi connectivity index (χ3v) is 4.02. The number of hydrogen-bond donors (Lipinski definition) is 2. The van der Waals surface area contributed by atoms with Crippen LogP contribution in [0.15, 0.2) is 35.2 Å². The fraction of sp³-hybridized carbons (Fsp3) is 0.0714. The highest BCUT2D eigenvalue weighted by atomic mass is 35.5. The molecular formula is C14H10Cl3NOS. The minimum absolute atomic E-state index is 0.326. The average molecular weight is 347 g/mol. The van der Waals surface area contributed by atoms with Crippen LogP contribution in [0.1, 0.15) is 15.9 Å². The molecule has 0 radical (unpaired) electrons. The van der Waals surface area contributed by atoms with E-state index in [2.05, 4.69) is 17.9 Å². The molecule has 20 heavy (non-hydrogen) atoms. The Balaban J connectivity index is 2.32. The van der Waals surface area contributed by atoms with Crippen molar-refractivity contribution in [3.63, 3.8) is 0 Å². The second kappa shape index (κ2) is 6.27. The largest absolute Gasteiger partial charge is 0.321 e. The summed E-state index contributed by atoms with van der Waals surface area (Å²) in [4.78, 5) is 12.9. The maximum Gasteiger partial charge on any atom is 0.257 e. The molecule has 0 aromatic heterocycles. The fourth-order valence-corrected chi connectivity index (χ4v) is 2.46. The van der Waals surface area contributed by atoms with Crippen LogP contribution >= 0.6 is 47.4 Å². The third kappa shape index (κ3) is 3.41. The lowest BCUT2D eigenvalue weighted by Crippen LogP contribution is -2.13. The Bertz CT molecular complexity index is 688. The first-order valence-corrected chi connectivity index (χ1v) is 7.22. The summed E-state index contributed by atoms with van der Waals surface area (Å²) < 4.78 is 0. The van der Waals surface area contributed by atoms with Crippen LogP contribution in [-0.4, -0.2) is 5.91 Å². The molecule has 0 saturated heterocycles. The Kier molecular flexibility index (Phi) is 4.86. The van der Waals surface area contributed by atoms with Crippen molar-refractivity contribution in [2.45, 2.75) is 11.8 Å². The topological polar surface area (TPSA) is 29.1 Å². The standard InChI is InChI=1S/C14H10Cl3NOS/c1-7-4-12(17)13(6-11(7)16)18-14(19)9-5-8(20)2-3-10(9)15/h2-6,20H,1H3,(H,18,19). The van der Waals surface area contributed by atoms with Gasteiger partial charge in [-0.05, 0) is 42.8 Å². The van der Waals surface area contributed by atoms with Gasteiger partial charge in [0, 0.05) is 9.92 Å². The molecule has 0 aliphatic carbocycles. The quantitative estimate of drug-likeness (QED) is 0.691. The molecule has 1 amide bonds. The Morgan fingerprint density at radius 2 is 1.75 bits per heavy atom. The van der Waals surface area contributed by atoms with E-state index in [9.17, 15) is 4.79 Å². The lowest BCUT2D eigenvalue weighted by Gasteiger charge is -2.10. The van der Waals surface area contributed by atoms with Crippen LogP contribution in [0.3, 0.4) is 0 Å². The highest BCUT2D eigenvalue weighted by molar-refractivity contribution is 7.80. The molecule has 2 rings (SSSR count). The predicted molar refractivity (Wildman–Crippen MR) is 87.9 cm³/mol. The van der Waals surface area contributed by atoms with Gasteiger partial charge in [0.1, 0.15) is 0 Å². The molecule has 0 saturated carbocycles. The lowest BCUT2D eigenvalue weighted by molar-refractivity contribution is 0.102. The molecule has 2 aromatic rings. The van der Waals surface area contributed by atoms with E-state index in [1.807, 2.05) is 6.92 Å². The first kappa shape index (κ1) is 15.5. The van der Waals surface area contributed by atoms with Crippen LogP contribution in [-0.2, 0) is 0 Å². The van der Waals surface area contributed by atoms with E-state index >= 15 is 0 Å². The molecule has 0 aliphatic heterocycles. The summed E-state index contributed by atoms with van der Waals surface area (Å²) in [6, 6.07) is 8.21. The van der Waals surface area contributed by atoms with Crippen molar-refractivity contribution < 1.29 is 4.79 Å². The fourth-order valence-electron chi connectivity index (χ4n) is 1.62. The van der Waals surface area contributed by atoms with Gasteiger partial charge in [0.2, 0.25) is 0 Å². The average Bonchev–Trinajstić information content (AvgIpc) is 2.38. The van der Waals surface area contributed by atoms with Gasteiger partial charge in [0.05, 0.1) is 21.3 Å². The highest BCUT2D eigenvalue weighted by Gasteiger charge is 2.13. The van der Waals surface area contributed by atoms with Crippen molar-refractivity contribution in [2.24, 2.45) is 0 Å². The second-order valence-electron chi connectivity index (χ2n) is 4.20. The molecule has 6 heteroatoms. The van der Waals surface area contributed by atoms with E-state index in [0.717, 1.165) is 5.56 Å². The van der Waals surface area contributed by atoms with Crippen LogP contribution in [0.2, 0.25) is 15.1 Å². The summed E-state index contributed by atoms with van der Waals surface area (Å²) >= 11 is 22.3. The molecule has 0 unspecified atom stereocenters. The molecule has 0 heterocycles. The molecule has 0 atom stereocenters. The van der Waals surface area contributed by atoms with Gasteiger partial charge < -0.3 is 5.32 Å². The van der Waals surface area contributed by atoms with Crippen molar-refractivity contribution in [2.75, 3.05) is 5.32 Å². The van der Waals surface area contributed by atoms with E-state index in [0.29, 0.717) is 31.2 Å². The summed E-state index contributed by atoms with van der Waals surface area (Å²) in [5.74, 6) is -0.368. The summed E-state index contributed by atoms with van der Waals surface area (Å²) in [6.45, 7) is 1.83. The maximum atomic E-state index is 12.2. The molecule has 1 N–H and O–H groups in total. The van der Waals surface area contributed by atoms with Gasteiger partial charge in [-0.25, -0.2) is 0 Å². The normalized spacial score (nSPS) is 10.4. The SMILES string of the molecule is Cc1cc(Cl)c(NC(=O)c2cc(S)ccc2Cl)cc1Cl. The maximum absolute atomic E-state index is 12.2. The highest BCUT2D eigenvalue weighted by Crippen LogP contribution is 2.30. The van der Waals surface area contributed by atoms with Gasteiger partial charge in [-0.2, -0.15) is 0 Å². The molecule has 2 aromatic carbocycles. The van der Waals surface area contributed by atoms with Crippen LogP contribution in [0.4, 0.5) is 5.69 Å². The van der Waals surface area contributed by atoms with Crippen LogP contribution in [0.25, 0.3) is 0 Å². The minimum Gasteiger partial charge on any atom is -0.321 e. The van der Waals surface area contributed by atoms with Crippen molar-refractivity contribution in [3.05, 3.63) is 56.5 Å². The number of halogens is 3. The molecule has 0 fully saturated rings. The zero-order valence-corrected chi connectivity index (χ0v) is 13.5. The number of carbonyl (C=O) groups is 1. The number of amides is 1. The number of anilines is 1. The van der Waals surface area contributed by atoms with Gasteiger partial charge in [-0.15, -0.1) is 12.6 Å². The number of benzene rings is 2. The predicted octanol–water partition coefficient (Wildman–Crippen LogP) is 5.50. The van der Waals surface area contributed by atoms with Gasteiger partial charge in [0.15, 0.2) is 0 Å². The van der Waals surface area contributed by atoms with Crippen molar-refractivity contribution in [1.82, 2.24) is 0 Å². The van der Waals surface area contributed by atoms with Crippen LogP contribution in [0.5, 0.6) is 0 Å². The molecule has 0 spiro atoms. The van der Waals surface area contributed by atoms with E-state index < -0.39 is 0 Å². The van der Waals surface area contributed by atoms with Crippen LogP contribution < -0.4 is 5.32 Å². The number of hydrogen-bond acceptors (Lipinski definition) is 2. The Morgan fingerprint density at radius 3 is 2.45 bits per heavy atom. The van der Waals surface area contributed by atoms with Gasteiger partial charge in [-0.3, -0.25) is 4.79 Å². The van der Waals surface area contributed by atoms with E-state index in [1.54, 1.807) is 30.3 Å². The molecule has 104 valence electrons. The summed E-state index contributed by atoms with van der Waals surface area (Å²) in [6.07, 6.45) is 0. The van der Waals surface area contributed by atoms with E-state index in [4.69, 9.17) is 34.8 Å². The zero-order valence-electron chi connectivity index (χ0n) is 10.4. The zero-order chi connectivity index (χ0) is 14.9. The van der Waals surface area contributed by atoms with Crippen LogP contribution in [0, 0.1) is 6.92 Å². The van der Waals surface area contributed by atoms with E-state index in [-0.39, 0.29) is 5.91 Å². The monoisotopic (exact) mass is 345 g/mol. The van der Waals surface area contributed by atoms with Crippen molar-refractivity contribution >= 4 is 59.0 Å². The number of thiol groups is 1. The number of carbonyl (C=O) groups excluding carboxylic acids is 1. The van der Waals surface area contributed by atoms with Crippen molar-refractivity contribution in [1.29, 1.82) is 0 Å². The molecule has 2 nitrogen and oxygen atoms in total. The van der Waals surface area contributed by atoms with E-state index in [1.165, 1.54) is 0 Å². The summed E-state index contributed by atoms with van der Waals surface area (Å²) in [5, 5.41) is 3.97. The minimum atomic E-state index is -0.368. The Hall–Kier alpha value is -0.870. The van der Waals surface area contributed by atoms with Gasteiger partial charge >= 0.3 is 0 Å². The first-order valence-electron chi connectivity index (χ1n) is 5.64. The second-order valence-corrected chi connectivity index (χ2v) is 5.94. The lowest BCUT2D eigenvalue weighted by atomic mass is 10.2. The Labute approximate surface area is 137 Å². The first-order chi connectivity index (χ1) is 9.38. The number of rotatable bonds is 2. The molecule has 0 aliphatic rings. The Morgan fingerprint density at radius 1 is 1.05 bits per heavy atom. The number of aryl methyl sites for hydroxylation is 1. The molecular weight excluding hydrogens is 337 g/mol. The molecule has 0 bridgehead atoms. The number of nitrogens with one attached hydrogen (secondary N) is 1. The smallest absolute Gasteiger partial charge is 0.257 e. The van der Waals surface area contributed by atoms with Crippen molar-refractivity contribution in [3.8, 4) is 0 Å². The summed E-state index contributed by atoms with van der Waals surface area (Å²) in [7, 11) is 0. The van der Waals surface area contributed by atoms with Gasteiger partial charge in [0.25, 0.3) is 5.91 Å². The third-order valence-electron chi connectivity index (χ3n) is 2.69.